The highest BCUT2D eigenvalue weighted by molar-refractivity contribution is 6.04. The van der Waals surface area contributed by atoms with Gasteiger partial charge in [0.15, 0.2) is 0 Å². The number of likely N-dealkylation sites (tertiary alicyclic amines) is 1. The van der Waals surface area contributed by atoms with Gasteiger partial charge in [-0.3, -0.25) is 14.5 Å². The number of piperidine rings is 1. The van der Waals surface area contributed by atoms with Gasteiger partial charge in [-0.2, -0.15) is 0 Å². The number of carbonyl (C=O) groups excluding carboxylic acids is 2. The van der Waals surface area contributed by atoms with Crippen molar-refractivity contribution < 1.29 is 14.3 Å². The molecule has 3 rings (SSSR count). The van der Waals surface area contributed by atoms with Gasteiger partial charge >= 0.3 is 0 Å². The van der Waals surface area contributed by atoms with Crippen LogP contribution in [-0.2, 0) is 14.3 Å². The number of benzene rings is 1. The molecule has 0 aromatic heterocycles. The van der Waals surface area contributed by atoms with Crippen LogP contribution in [0.1, 0.15) is 26.7 Å². The molecule has 1 saturated heterocycles. The van der Waals surface area contributed by atoms with E-state index in [2.05, 4.69) is 4.90 Å². The number of amides is 2. The molecule has 0 aliphatic carbocycles. The fraction of sp³-hybridized carbons (Fsp3) is 0.579. The lowest BCUT2D eigenvalue weighted by molar-refractivity contribution is -0.139. The lowest BCUT2D eigenvalue weighted by atomic mass is 9.93. The van der Waals surface area contributed by atoms with E-state index in [1.807, 2.05) is 43.1 Å². The van der Waals surface area contributed by atoms with Gasteiger partial charge in [0.25, 0.3) is 0 Å². The Bertz CT molecular complexity index is 663. The van der Waals surface area contributed by atoms with Crippen LogP contribution in [0.25, 0.3) is 0 Å². The standard InChI is InChI=1S/C19H27N3O3/c1-13-12-21(16-9-5-6-10-17(16)22(13)14(2)23)18(24)15-8-7-11-20(3)19(15)25-4/h5-6,9-10,13,15,19H,7-8,11-12H2,1-4H3/t13-,15?,19?/m0/s1. The average Bonchev–Trinajstić information content (AvgIpc) is 2.59. The number of methoxy groups -OCH3 is 1. The molecule has 25 heavy (non-hydrogen) atoms. The van der Waals surface area contributed by atoms with E-state index in [-0.39, 0.29) is 30.0 Å². The van der Waals surface area contributed by atoms with Gasteiger partial charge in [-0.15, -0.1) is 0 Å². The summed E-state index contributed by atoms with van der Waals surface area (Å²) in [5.74, 6) is -0.104. The number of hydrogen-bond donors (Lipinski definition) is 0. The van der Waals surface area contributed by atoms with Crippen molar-refractivity contribution in [2.24, 2.45) is 5.92 Å². The van der Waals surface area contributed by atoms with Crippen molar-refractivity contribution in [2.45, 2.75) is 39.0 Å². The Morgan fingerprint density at radius 1 is 1.20 bits per heavy atom. The molecule has 6 heteroatoms. The highest BCUT2D eigenvalue weighted by atomic mass is 16.5. The van der Waals surface area contributed by atoms with E-state index >= 15 is 0 Å². The molecular weight excluding hydrogens is 318 g/mol. The van der Waals surface area contributed by atoms with Crippen molar-refractivity contribution in [2.75, 3.05) is 37.0 Å². The van der Waals surface area contributed by atoms with Crippen molar-refractivity contribution >= 4 is 23.2 Å². The first kappa shape index (κ1) is 17.9. The van der Waals surface area contributed by atoms with Crippen LogP contribution in [0.2, 0.25) is 0 Å². The maximum Gasteiger partial charge on any atom is 0.234 e. The molecule has 6 nitrogen and oxygen atoms in total. The third-order valence-corrected chi connectivity index (χ3v) is 5.29. The summed E-state index contributed by atoms with van der Waals surface area (Å²) in [6, 6.07) is 7.59. The minimum atomic E-state index is -0.199. The number of anilines is 2. The van der Waals surface area contributed by atoms with Crippen LogP contribution in [0, 0.1) is 5.92 Å². The zero-order chi connectivity index (χ0) is 18.1. The van der Waals surface area contributed by atoms with Crippen LogP contribution in [0.5, 0.6) is 0 Å². The SMILES string of the molecule is COC1C(C(=O)N2C[C@H](C)N(C(C)=O)c3ccccc32)CCCN1C. The molecule has 1 aromatic carbocycles. The van der Waals surface area contributed by atoms with Crippen LogP contribution in [0.15, 0.2) is 24.3 Å². The molecule has 0 saturated carbocycles. The fourth-order valence-corrected chi connectivity index (χ4v) is 4.19. The van der Waals surface area contributed by atoms with E-state index in [0.717, 1.165) is 30.8 Å². The van der Waals surface area contributed by atoms with Crippen molar-refractivity contribution in [1.82, 2.24) is 4.90 Å². The molecule has 2 aliphatic rings. The molecule has 0 bridgehead atoms. The Labute approximate surface area is 149 Å². The summed E-state index contributed by atoms with van der Waals surface area (Å²) < 4.78 is 5.62. The highest BCUT2D eigenvalue weighted by Gasteiger charge is 2.40. The van der Waals surface area contributed by atoms with Gasteiger partial charge in [-0.25, -0.2) is 0 Å². The maximum absolute atomic E-state index is 13.4. The number of ether oxygens (including phenoxy) is 1. The molecule has 136 valence electrons. The molecule has 2 amide bonds. The second-order valence-corrected chi connectivity index (χ2v) is 7.03. The smallest absolute Gasteiger partial charge is 0.234 e. The molecule has 3 atom stereocenters. The molecular formula is C19H27N3O3. The summed E-state index contributed by atoms with van der Waals surface area (Å²) >= 11 is 0. The summed E-state index contributed by atoms with van der Waals surface area (Å²) in [5.41, 5.74) is 1.61. The average molecular weight is 345 g/mol. The monoisotopic (exact) mass is 345 g/mol. The lowest BCUT2D eigenvalue weighted by Crippen LogP contribution is -2.56. The molecule has 0 spiro atoms. The van der Waals surface area contributed by atoms with Gasteiger partial charge in [0.2, 0.25) is 11.8 Å². The number of fused-ring (bicyclic) bond motifs is 1. The Morgan fingerprint density at radius 3 is 2.52 bits per heavy atom. The van der Waals surface area contributed by atoms with Crippen LogP contribution in [0.4, 0.5) is 11.4 Å². The van der Waals surface area contributed by atoms with Gasteiger partial charge in [-0.1, -0.05) is 12.1 Å². The zero-order valence-electron chi connectivity index (χ0n) is 15.4. The van der Waals surface area contributed by atoms with Crippen LogP contribution < -0.4 is 9.80 Å². The number of para-hydroxylation sites is 2. The number of nitrogens with zero attached hydrogens (tertiary/aromatic N) is 3. The summed E-state index contributed by atoms with van der Waals surface area (Å²) in [6.45, 7) is 5.00. The minimum Gasteiger partial charge on any atom is -0.366 e. The Hall–Kier alpha value is -1.92. The lowest BCUT2D eigenvalue weighted by Gasteiger charge is -2.44. The fourth-order valence-electron chi connectivity index (χ4n) is 4.19. The first-order chi connectivity index (χ1) is 12.0. The van der Waals surface area contributed by atoms with Crippen LogP contribution in [0.3, 0.4) is 0 Å². The third-order valence-electron chi connectivity index (χ3n) is 5.29. The van der Waals surface area contributed by atoms with Gasteiger partial charge < -0.3 is 14.5 Å². The molecule has 0 N–H and O–H groups in total. The van der Waals surface area contributed by atoms with E-state index in [0.29, 0.717) is 6.54 Å². The molecule has 2 aliphatic heterocycles. The van der Waals surface area contributed by atoms with E-state index < -0.39 is 0 Å². The Kier molecular flexibility index (Phi) is 5.11. The summed E-state index contributed by atoms with van der Waals surface area (Å²) in [7, 11) is 3.66. The van der Waals surface area contributed by atoms with Gasteiger partial charge in [-0.05, 0) is 38.9 Å². The summed E-state index contributed by atoms with van der Waals surface area (Å²) in [5, 5.41) is 0. The summed E-state index contributed by atoms with van der Waals surface area (Å²) in [6.07, 6.45) is 1.61. The molecule has 2 heterocycles. The number of carbonyl (C=O) groups is 2. The number of rotatable bonds is 2. The van der Waals surface area contributed by atoms with E-state index in [1.165, 1.54) is 0 Å². The largest absolute Gasteiger partial charge is 0.366 e. The van der Waals surface area contributed by atoms with Gasteiger partial charge in [0, 0.05) is 27.1 Å². The number of hydrogen-bond acceptors (Lipinski definition) is 4. The van der Waals surface area contributed by atoms with Crippen LogP contribution >= 0.6 is 0 Å². The molecule has 0 radical (unpaired) electrons. The van der Waals surface area contributed by atoms with Crippen LogP contribution in [-0.4, -0.2) is 56.2 Å². The molecule has 2 unspecified atom stereocenters. The van der Waals surface area contributed by atoms with Crippen molar-refractivity contribution in [3.63, 3.8) is 0 Å². The van der Waals surface area contributed by atoms with Gasteiger partial charge in [0.05, 0.1) is 23.3 Å². The molecule has 1 fully saturated rings. The Balaban J connectivity index is 1.95. The minimum absolute atomic E-state index is 0.000725. The van der Waals surface area contributed by atoms with E-state index in [1.54, 1.807) is 18.9 Å². The quantitative estimate of drug-likeness (QED) is 0.824. The highest BCUT2D eigenvalue weighted by Crippen LogP contribution is 2.37. The third kappa shape index (κ3) is 3.16. The first-order valence-electron chi connectivity index (χ1n) is 8.89. The normalized spacial score (nSPS) is 27.1. The first-order valence-corrected chi connectivity index (χ1v) is 8.89. The van der Waals surface area contributed by atoms with Gasteiger partial charge in [0.1, 0.15) is 6.23 Å². The van der Waals surface area contributed by atoms with Crippen molar-refractivity contribution in [3.05, 3.63) is 24.3 Å². The summed E-state index contributed by atoms with van der Waals surface area (Å²) in [4.78, 5) is 31.2. The second-order valence-electron chi connectivity index (χ2n) is 7.03. The Morgan fingerprint density at radius 2 is 1.88 bits per heavy atom. The molecule has 1 aromatic rings. The van der Waals surface area contributed by atoms with E-state index in [4.69, 9.17) is 4.74 Å². The second kappa shape index (κ2) is 7.14. The van der Waals surface area contributed by atoms with E-state index in [9.17, 15) is 9.59 Å². The maximum atomic E-state index is 13.4. The van der Waals surface area contributed by atoms with Crippen molar-refractivity contribution in [1.29, 1.82) is 0 Å². The predicted molar refractivity (Wildman–Crippen MR) is 97.6 cm³/mol. The zero-order valence-corrected chi connectivity index (χ0v) is 15.4. The predicted octanol–water partition coefficient (Wildman–Crippen LogP) is 2.09. The topological polar surface area (TPSA) is 53.1 Å². The van der Waals surface area contributed by atoms with Crippen molar-refractivity contribution in [3.8, 4) is 0 Å².